The fourth-order valence-corrected chi connectivity index (χ4v) is 1.75. The van der Waals surface area contributed by atoms with Gasteiger partial charge in [0, 0.05) is 10.5 Å². The molecule has 1 N–H and O–H groups in total. The Morgan fingerprint density at radius 2 is 2.20 bits per heavy atom. The molecule has 0 unspecified atom stereocenters. The van der Waals surface area contributed by atoms with Crippen LogP contribution in [0.1, 0.15) is 19.4 Å². The van der Waals surface area contributed by atoms with Crippen LogP contribution in [0.2, 0.25) is 5.02 Å². The molecule has 0 aliphatic heterocycles. The van der Waals surface area contributed by atoms with Crippen LogP contribution < -0.4 is 5.32 Å². The molecule has 2 nitrogen and oxygen atoms in total. The lowest BCUT2D eigenvalue weighted by Gasteiger charge is -2.08. The number of carbonyl (C=O) groups excluding carboxylic acids is 1. The van der Waals surface area contributed by atoms with Gasteiger partial charge < -0.3 is 5.32 Å². The lowest BCUT2D eigenvalue weighted by atomic mass is 10.1. The van der Waals surface area contributed by atoms with Crippen molar-refractivity contribution in [2.24, 2.45) is 0 Å². The molecule has 0 radical (unpaired) electrons. The van der Waals surface area contributed by atoms with E-state index in [0.717, 1.165) is 10.0 Å². The Hall–Kier alpha value is -0.540. The van der Waals surface area contributed by atoms with Crippen LogP contribution in [-0.4, -0.2) is 11.9 Å². The van der Waals surface area contributed by atoms with Gasteiger partial charge in [-0.2, -0.15) is 0 Å². The number of carbonyl (C=O) groups is 1. The summed E-state index contributed by atoms with van der Waals surface area (Å²) in [6.07, 6.45) is 0.383. The molecule has 1 aromatic rings. The Morgan fingerprint density at radius 3 is 2.73 bits per heavy atom. The Bertz CT molecular complexity index is 366. The molecule has 0 spiro atoms. The van der Waals surface area contributed by atoms with E-state index in [9.17, 15) is 4.79 Å². The first-order valence-corrected chi connectivity index (χ1v) is 5.89. The lowest BCUT2D eigenvalue weighted by Crippen LogP contribution is -2.31. The van der Waals surface area contributed by atoms with Crippen molar-refractivity contribution in [3.8, 4) is 0 Å². The normalized spacial score (nSPS) is 10.5. The molecule has 0 heterocycles. The van der Waals surface area contributed by atoms with Gasteiger partial charge in [-0.05, 0) is 47.5 Å². The summed E-state index contributed by atoms with van der Waals surface area (Å²) < 4.78 is 0.819. The van der Waals surface area contributed by atoms with E-state index in [-0.39, 0.29) is 11.9 Å². The van der Waals surface area contributed by atoms with Crippen LogP contribution in [0.4, 0.5) is 0 Å². The Morgan fingerprint density at radius 1 is 1.53 bits per heavy atom. The molecular weight excluding hydrogens is 277 g/mol. The Labute approximate surface area is 103 Å². The van der Waals surface area contributed by atoms with E-state index in [0.29, 0.717) is 11.4 Å². The molecule has 0 aliphatic rings. The molecular formula is C11H13BrClNO. The summed E-state index contributed by atoms with van der Waals surface area (Å²) >= 11 is 9.18. The number of benzene rings is 1. The molecule has 1 aromatic carbocycles. The predicted octanol–water partition coefficient (Wildman–Crippen LogP) is 3.17. The van der Waals surface area contributed by atoms with E-state index in [4.69, 9.17) is 11.6 Å². The quantitative estimate of drug-likeness (QED) is 0.910. The zero-order valence-corrected chi connectivity index (χ0v) is 11.0. The minimum Gasteiger partial charge on any atom is -0.354 e. The second-order valence-electron chi connectivity index (χ2n) is 3.65. The minimum absolute atomic E-state index is 0.0271. The van der Waals surface area contributed by atoms with Gasteiger partial charge in [-0.3, -0.25) is 4.79 Å². The highest BCUT2D eigenvalue weighted by Crippen LogP contribution is 2.23. The van der Waals surface area contributed by atoms with E-state index in [1.54, 1.807) is 6.07 Å². The standard InChI is InChI=1S/C11H13BrClNO/c1-7(2)14-11(15)6-8-3-4-10(13)9(12)5-8/h3-5,7H,6H2,1-2H3,(H,14,15). The highest BCUT2D eigenvalue weighted by atomic mass is 79.9. The van der Waals surface area contributed by atoms with Gasteiger partial charge in [0.2, 0.25) is 5.91 Å². The Balaban J connectivity index is 2.65. The molecule has 15 heavy (non-hydrogen) atoms. The van der Waals surface area contributed by atoms with Crippen molar-refractivity contribution < 1.29 is 4.79 Å². The molecule has 0 aliphatic carbocycles. The maximum absolute atomic E-state index is 11.5. The van der Waals surface area contributed by atoms with Crippen molar-refractivity contribution in [2.75, 3.05) is 0 Å². The molecule has 1 rings (SSSR count). The molecule has 0 aromatic heterocycles. The van der Waals surface area contributed by atoms with E-state index in [2.05, 4.69) is 21.2 Å². The summed E-state index contributed by atoms with van der Waals surface area (Å²) in [6, 6.07) is 5.67. The van der Waals surface area contributed by atoms with Gasteiger partial charge >= 0.3 is 0 Å². The Kier molecular flexibility index (Phi) is 4.61. The van der Waals surface area contributed by atoms with Crippen molar-refractivity contribution in [3.05, 3.63) is 33.3 Å². The highest BCUT2D eigenvalue weighted by Gasteiger charge is 2.06. The van der Waals surface area contributed by atoms with Crippen LogP contribution in [-0.2, 0) is 11.2 Å². The summed E-state index contributed by atoms with van der Waals surface area (Å²) in [5.41, 5.74) is 0.949. The zero-order valence-electron chi connectivity index (χ0n) is 8.68. The summed E-state index contributed by atoms with van der Waals surface area (Å²) in [6.45, 7) is 3.88. The van der Waals surface area contributed by atoms with Gasteiger partial charge in [0.05, 0.1) is 11.4 Å². The van der Waals surface area contributed by atoms with Crippen LogP contribution in [0.15, 0.2) is 22.7 Å². The SMILES string of the molecule is CC(C)NC(=O)Cc1ccc(Cl)c(Br)c1. The first kappa shape index (κ1) is 12.5. The smallest absolute Gasteiger partial charge is 0.224 e. The molecule has 4 heteroatoms. The van der Waals surface area contributed by atoms with Crippen LogP contribution in [0.25, 0.3) is 0 Å². The van der Waals surface area contributed by atoms with E-state index < -0.39 is 0 Å². The topological polar surface area (TPSA) is 29.1 Å². The van der Waals surface area contributed by atoms with E-state index in [1.165, 1.54) is 0 Å². The summed E-state index contributed by atoms with van der Waals surface area (Å²) in [5.74, 6) is 0.0271. The third-order valence-electron chi connectivity index (χ3n) is 1.80. The number of halogens is 2. The number of hydrogen-bond donors (Lipinski definition) is 1. The number of rotatable bonds is 3. The monoisotopic (exact) mass is 289 g/mol. The molecule has 0 saturated carbocycles. The van der Waals surface area contributed by atoms with Gasteiger partial charge in [-0.1, -0.05) is 17.7 Å². The number of hydrogen-bond acceptors (Lipinski definition) is 1. The molecule has 0 saturated heterocycles. The van der Waals surface area contributed by atoms with Gasteiger partial charge in [-0.25, -0.2) is 0 Å². The van der Waals surface area contributed by atoms with E-state index in [1.807, 2.05) is 26.0 Å². The predicted molar refractivity (Wildman–Crippen MR) is 66.1 cm³/mol. The van der Waals surface area contributed by atoms with Gasteiger partial charge in [-0.15, -0.1) is 0 Å². The van der Waals surface area contributed by atoms with Crippen molar-refractivity contribution in [1.29, 1.82) is 0 Å². The third-order valence-corrected chi connectivity index (χ3v) is 3.01. The van der Waals surface area contributed by atoms with Gasteiger partial charge in [0.25, 0.3) is 0 Å². The van der Waals surface area contributed by atoms with Crippen LogP contribution in [0, 0.1) is 0 Å². The first-order chi connectivity index (χ1) is 6.99. The van der Waals surface area contributed by atoms with Gasteiger partial charge in [0.15, 0.2) is 0 Å². The molecule has 1 amide bonds. The second kappa shape index (κ2) is 5.52. The fraction of sp³-hybridized carbons (Fsp3) is 0.364. The number of amides is 1. The van der Waals surface area contributed by atoms with Crippen molar-refractivity contribution >= 4 is 33.4 Å². The van der Waals surface area contributed by atoms with Crippen molar-refractivity contribution in [1.82, 2.24) is 5.32 Å². The largest absolute Gasteiger partial charge is 0.354 e. The second-order valence-corrected chi connectivity index (χ2v) is 4.91. The average Bonchev–Trinajstić information content (AvgIpc) is 2.10. The first-order valence-electron chi connectivity index (χ1n) is 4.72. The summed E-state index contributed by atoms with van der Waals surface area (Å²) in [7, 11) is 0. The maximum Gasteiger partial charge on any atom is 0.224 e. The van der Waals surface area contributed by atoms with Crippen LogP contribution >= 0.6 is 27.5 Å². The van der Waals surface area contributed by atoms with E-state index >= 15 is 0 Å². The summed E-state index contributed by atoms with van der Waals surface area (Å²) in [4.78, 5) is 11.5. The van der Waals surface area contributed by atoms with Crippen molar-refractivity contribution in [3.63, 3.8) is 0 Å². The molecule has 0 bridgehead atoms. The van der Waals surface area contributed by atoms with Crippen LogP contribution in [0.3, 0.4) is 0 Å². The van der Waals surface area contributed by atoms with Crippen molar-refractivity contribution in [2.45, 2.75) is 26.3 Å². The lowest BCUT2D eigenvalue weighted by molar-refractivity contribution is -0.120. The number of nitrogens with one attached hydrogen (secondary N) is 1. The maximum atomic E-state index is 11.5. The zero-order chi connectivity index (χ0) is 11.4. The minimum atomic E-state index is 0.0271. The average molecular weight is 291 g/mol. The third kappa shape index (κ3) is 4.22. The van der Waals surface area contributed by atoms with Gasteiger partial charge in [0.1, 0.15) is 0 Å². The fourth-order valence-electron chi connectivity index (χ4n) is 1.21. The van der Waals surface area contributed by atoms with Crippen LogP contribution in [0.5, 0.6) is 0 Å². The summed E-state index contributed by atoms with van der Waals surface area (Å²) in [5, 5.41) is 3.49. The molecule has 0 fully saturated rings. The molecule has 0 atom stereocenters. The molecule has 82 valence electrons. The highest BCUT2D eigenvalue weighted by molar-refractivity contribution is 9.10.